The predicted molar refractivity (Wildman–Crippen MR) is 84.0 cm³/mol. The fourth-order valence-corrected chi connectivity index (χ4v) is 3.11. The summed E-state index contributed by atoms with van der Waals surface area (Å²) in [4.78, 5) is 59.4. The molecule has 2 rings (SSSR count). The first-order valence-corrected chi connectivity index (χ1v) is 8.19. The van der Waals surface area contributed by atoms with Crippen molar-refractivity contribution in [3.05, 3.63) is 0 Å². The van der Waals surface area contributed by atoms with Gasteiger partial charge in [-0.25, -0.2) is 9.59 Å². The molecule has 2 aliphatic rings. The molecule has 6 amide bonds. The molecule has 10 nitrogen and oxygen atoms in total. The van der Waals surface area contributed by atoms with Crippen LogP contribution in [0.2, 0.25) is 0 Å². The topological polar surface area (TPSA) is 148 Å². The number of hydrogen-bond acceptors (Lipinski definition) is 6. The van der Waals surface area contributed by atoms with Gasteiger partial charge in [0.1, 0.15) is 5.54 Å². The third-order valence-electron chi connectivity index (χ3n) is 4.42. The van der Waals surface area contributed by atoms with E-state index in [2.05, 4.69) is 5.32 Å². The van der Waals surface area contributed by atoms with Gasteiger partial charge in [0.15, 0.2) is 6.10 Å². The number of esters is 1. The van der Waals surface area contributed by atoms with Crippen LogP contribution < -0.4 is 16.4 Å². The Hall–Kier alpha value is -2.65. The largest absolute Gasteiger partial charge is 0.452 e. The van der Waals surface area contributed by atoms with Crippen molar-refractivity contribution in [1.29, 1.82) is 0 Å². The van der Waals surface area contributed by atoms with Crippen LogP contribution in [0.15, 0.2) is 0 Å². The normalized spacial score (nSPS) is 20.1. The van der Waals surface area contributed by atoms with Crippen molar-refractivity contribution < 1.29 is 28.7 Å². The highest BCUT2D eigenvalue weighted by molar-refractivity contribution is 6.07. The second-order valence-corrected chi connectivity index (χ2v) is 6.27. The number of urea groups is 2. The maximum atomic E-state index is 12.5. The van der Waals surface area contributed by atoms with E-state index >= 15 is 0 Å². The van der Waals surface area contributed by atoms with Crippen molar-refractivity contribution in [2.45, 2.75) is 57.1 Å². The molecular weight excluding hydrogens is 332 g/mol. The van der Waals surface area contributed by atoms with E-state index in [9.17, 15) is 24.0 Å². The average molecular weight is 354 g/mol. The molecule has 0 aromatic carbocycles. The number of primary amides is 1. The lowest BCUT2D eigenvalue weighted by molar-refractivity contribution is -0.154. The molecule has 0 bridgehead atoms. The average Bonchev–Trinajstić information content (AvgIpc) is 2.76. The van der Waals surface area contributed by atoms with Crippen molar-refractivity contribution in [3.63, 3.8) is 0 Å². The van der Waals surface area contributed by atoms with Gasteiger partial charge in [-0.2, -0.15) is 0 Å². The van der Waals surface area contributed by atoms with E-state index in [4.69, 9.17) is 10.5 Å². The van der Waals surface area contributed by atoms with E-state index in [-0.39, 0.29) is 18.9 Å². The summed E-state index contributed by atoms with van der Waals surface area (Å²) < 4.78 is 4.85. The Morgan fingerprint density at radius 1 is 1.28 bits per heavy atom. The Kier molecular flexibility index (Phi) is 5.60. The van der Waals surface area contributed by atoms with E-state index in [0.717, 1.165) is 24.2 Å². The van der Waals surface area contributed by atoms with Crippen LogP contribution in [-0.4, -0.2) is 52.9 Å². The molecule has 2 fully saturated rings. The highest BCUT2D eigenvalue weighted by Crippen LogP contribution is 2.33. The summed E-state index contributed by atoms with van der Waals surface area (Å²) in [5.41, 5.74) is 3.96. The Morgan fingerprint density at radius 3 is 2.52 bits per heavy atom. The zero-order valence-corrected chi connectivity index (χ0v) is 14.0. The lowest BCUT2D eigenvalue weighted by atomic mass is 9.82. The number of nitrogens with zero attached hydrogens (tertiary/aromatic N) is 1. The van der Waals surface area contributed by atoms with Crippen LogP contribution in [-0.2, 0) is 19.1 Å². The molecular formula is C15H22N4O6. The van der Waals surface area contributed by atoms with Crippen molar-refractivity contribution in [1.82, 2.24) is 15.5 Å². The third kappa shape index (κ3) is 4.25. The predicted octanol–water partition coefficient (Wildman–Crippen LogP) is -0.242. The van der Waals surface area contributed by atoms with Gasteiger partial charge >= 0.3 is 18.0 Å². The molecule has 138 valence electrons. The second kappa shape index (κ2) is 7.49. The van der Waals surface area contributed by atoms with Gasteiger partial charge in [0, 0.05) is 6.54 Å². The lowest BCUT2D eigenvalue weighted by Crippen LogP contribution is -2.48. The summed E-state index contributed by atoms with van der Waals surface area (Å²) in [5, 5.41) is 4.54. The van der Waals surface area contributed by atoms with Gasteiger partial charge in [-0.3, -0.25) is 24.6 Å². The smallest absolute Gasteiger partial charge is 0.325 e. The summed E-state index contributed by atoms with van der Waals surface area (Å²) >= 11 is 0. The fraction of sp³-hybridized carbons (Fsp3) is 0.667. The summed E-state index contributed by atoms with van der Waals surface area (Å²) in [6.07, 6.45) is 2.51. The molecule has 1 saturated heterocycles. The van der Waals surface area contributed by atoms with E-state index in [1.165, 1.54) is 6.92 Å². The molecule has 0 aromatic rings. The van der Waals surface area contributed by atoms with Crippen LogP contribution in [0.3, 0.4) is 0 Å². The number of imide groups is 2. The van der Waals surface area contributed by atoms with Crippen LogP contribution >= 0.6 is 0 Å². The number of rotatable bonds is 5. The Bertz CT molecular complexity index is 599. The SMILES string of the molecule is CC(OC(=O)CCN1C(=O)NC2(CCCCC2)C1=O)C(=O)NC(N)=O. The minimum Gasteiger partial charge on any atom is -0.452 e. The van der Waals surface area contributed by atoms with E-state index in [0.29, 0.717) is 12.8 Å². The summed E-state index contributed by atoms with van der Waals surface area (Å²) in [5.74, 6) is -1.93. The molecule has 0 radical (unpaired) electrons. The third-order valence-corrected chi connectivity index (χ3v) is 4.42. The van der Waals surface area contributed by atoms with Crippen LogP contribution in [0.25, 0.3) is 0 Å². The first kappa shape index (κ1) is 18.7. The summed E-state index contributed by atoms with van der Waals surface area (Å²) in [7, 11) is 0. The molecule has 25 heavy (non-hydrogen) atoms. The number of ether oxygens (including phenoxy) is 1. The number of carbonyl (C=O) groups excluding carboxylic acids is 5. The Morgan fingerprint density at radius 2 is 1.92 bits per heavy atom. The van der Waals surface area contributed by atoms with Crippen molar-refractivity contribution in [2.75, 3.05) is 6.54 Å². The monoisotopic (exact) mass is 354 g/mol. The zero-order valence-electron chi connectivity index (χ0n) is 14.0. The molecule has 1 aliphatic carbocycles. The Labute approximate surface area is 144 Å². The number of carbonyl (C=O) groups is 5. The van der Waals surface area contributed by atoms with Crippen molar-refractivity contribution in [2.24, 2.45) is 5.73 Å². The molecule has 1 heterocycles. The number of nitrogens with one attached hydrogen (secondary N) is 2. The van der Waals surface area contributed by atoms with Crippen LogP contribution in [0.5, 0.6) is 0 Å². The molecule has 4 N–H and O–H groups in total. The summed E-state index contributed by atoms with van der Waals surface area (Å²) in [6, 6.07) is -1.57. The zero-order chi connectivity index (χ0) is 18.6. The molecule has 1 saturated carbocycles. The lowest BCUT2D eigenvalue weighted by Gasteiger charge is -2.30. The number of nitrogens with two attached hydrogens (primary N) is 1. The molecule has 1 aliphatic heterocycles. The second-order valence-electron chi connectivity index (χ2n) is 6.27. The Balaban J connectivity index is 1.85. The summed E-state index contributed by atoms with van der Waals surface area (Å²) in [6.45, 7) is 1.15. The van der Waals surface area contributed by atoms with Crippen LogP contribution in [0.1, 0.15) is 45.4 Å². The van der Waals surface area contributed by atoms with Crippen molar-refractivity contribution in [3.8, 4) is 0 Å². The van der Waals surface area contributed by atoms with Gasteiger partial charge in [-0.1, -0.05) is 19.3 Å². The minimum absolute atomic E-state index is 0.130. The number of hydrogen-bond donors (Lipinski definition) is 3. The van der Waals surface area contributed by atoms with Gasteiger partial charge in [0.25, 0.3) is 11.8 Å². The van der Waals surface area contributed by atoms with E-state index < -0.39 is 35.6 Å². The van der Waals surface area contributed by atoms with E-state index in [1.807, 2.05) is 0 Å². The van der Waals surface area contributed by atoms with Crippen LogP contribution in [0.4, 0.5) is 9.59 Å². The fourth-order valence-electron chi connectivity index (χ4n) is 3.11. The molecule has 10 heteroatoms. The quantitative estimate of drug-likeness (QED) is 0.458. The standard InChI is InChI=1S/C15H22N4O6/c1-9(11(21)17-13(16)23)25-10(20)5-8-19-12(22)15(18-14(19)24)6-3-2-4-7-15/h9H,2-8H2,1H3,(H,18,24)(H3,16,17,21,23). The highest BCUT2D eigenvalue weighted by Gasteiger charge is 2.51. The van der Waals surface area contributed by atoms with Gasteiger partial charge in [0.05, 0.1) is 6.42 Å². The molecule has 1 unspecified atom stereocenters. The first-order valence-electron chi connectivity index (χ1n) is 8.19. The van der Waals surface area contributed by atoms with Crippen molar-refractivity contribution >= 4 is 29.8 Å². The highest BCUT2D eigenvalue weighted by atomic mass is 16.5. The van der Waals surface area contributed by atoms with E-state index in [1.54, 1.807) is 5.32 Å². The van der Waals surface area contributed by atoms with Crippen LogP contribution in [0, 0.1) is 0 Å². The first-order chi connectivity index (χ1) is 11.7. The molecule has 1 atom stereocenters. The number of amides is 6. The van der Waals surface area contributed by atoms with Gasteiger partial charge < -0.3 is 15.8 Å². The maximum Gasteiger partial charge on any atom is 0.325 e. The molecule has 0 aromatic heterocycles. The van der Waals surface area contributed by atoms with Gasteiger partial charge in [0.2, 0.25) is 0 Å². The maximum absolute atomic E-state index is 12.5. The molecule has 1 spiro atoms. The van der Waals surface area contributed by atoms with Gasteiger partial charge in [-0.05, 0) is 19.8 Å². The van der Waals surface area contributed by atoms with Gasteiger partial charge in [-0.15, -0.1) is 0 Å². The minimum atomic E-state index is -1.22.